The zero-order chi connectivity index (χ0) is 24.0. The Balaban J connectivity index is 4.72. The molecular weight excluding hydrogens is 432 g/mol. The quantitative estimate of drug-likeness (QED) is 0.0874. The lowest BCUT2D eigenvalue weighted by molar-refractivity contribution is -0.139. The summed E-state index contributed by atoms with van der Waals surface area (Å²) in [4.78, 5) is 68.4. The smallest absolute Gasteiger partial charge is 0.320 e. The molecule has 0 rings (SSSR count). The van der Waals surface area contributed by atoms with E-state index in [1.165, 1.54) is 6.92 Å². The molecule has 31 heavy (non-hydrogen) atoms. The van der Waals surface area contributed by atoms with Crippen LogP contribution in [0.3, 0.4) is 0 Å². The van der Waals surface area contributed by atoms with Crippen molar-refractivity contribution >= 4 is 48.0 Å². The Hall–Kier alpha value is -2.55. The third-order valence-corrected chi connectivity index (χ3v) is 4.73. The number of carbonyl (C=O) groups excluding carboxylic acids is 5. The fourth-order valence-corrected chi connectivity index (χ4v) is 3.11. The molecule has 0 aliphatic heterocycles. The van der Waals surface area contributed by atoms with Gasteiger partial charge in [-0.25, -0.2) is 0 Å². The van der Waals surface area contributed by atoms with Crippen LogP contribution in [0.2, 0.25) is 0 Å². The number of carboxylic acid groups (broad SMARTS) is 1. The van der Waals surface area contributed by atoms with Crippen molar-refractivity contribution in [2.75, 3.05) is 18.1 Å². The van der Waals surface area contributed by atoms with Crippen LogP contribution >= 0.6 is 11.8 Å². The van der Waals surface area contributed by atoms with Gasteiger partial charge >= 0.3 is 5.97 Å². The number of nitrogens with one attached hydrogen (secondary N) is 3. The first-order valence-corrected chi connectivity index (χ1v) is 10.4. The predicted molar refractivity (Wildman–Crippen MR) is 113 cm³/mol. The summed E-state index contributed by atoms with van der Waals surface area (Å²) in [6, 6.07) is -3.18. The Morgan fingerprint density at radius 2 is 1.77 bits per heavy atom. The minimum Gasteiger partial charge on any atom is -0.480 e. The van der Waals surface area contributed by atoms with Crippen molar-refractivity contribution in [3.05, 3.63) is 0 Å². The molecule has 0 saturated carbocycles. The second-order valence-corrected chi connectivity index (χ2v) is 8.08. The summed E-state index contributed by atoms with van der Waals surface area (Å²) < 4.78 is 0. The molecule has 10 N–H and O–H groups in total. The highest BCUT2D eigenvalue weighted by molar-refractivity contribution is 8.00. The summed E-state index contributed by atoms with van der Waals surface area (Å²) in [7, 11) is 0. The Morgan fingerprint density at radius 1 is 1.13 bits per heavy atom. The number of aldehydes is 2. The first-order chi connectivity index (χ1) is 14.4. The molecule has 14 heteroatoms. The van der Waals surface area contributed by atoms with Crippen molar-refractivity contribution in [1.29, 1.82) is 0 Å². The van der Waals surface area contributed by atoms with Crippen LogP contribution in [0.25, 0.3) is 0 Å². The monoisotopic (exact) mass is 462 g/mol. The van der Waals surface area contributed by atoms with Gasteiger partial charge in [0.15, 0.2) is 0 Å². The maximum atomic E-state index is 12.1. The highest BCUT2D eigenvalue weighted by Gasteiger charge is 2.23. The van der Waals surface area contributed by atoms with E-state index in [2.05, 4.69) is 16.0 Å². The third-order valence-electron chi connectivity index (χ3n) is 3.70. The average Bonchev–Trinajstić information content (AvgIpc) is 2.67. The van der Waals surface area contributed by atoms with Crippen molar-refractivity contribution in [3.8, 4) is 0 Å². The van der Waals surface area contributed by atoms with Gasteiger partial charge in [0.25, 0.3) is 0 Å². The number of carboxylic acids is 1. The predicted octanol–water partition coefficient (Wildman–Crippen LogP) is -3.58. The summed E-state index contributed by atoms with van der Waals surface area (Å²) in [5.74, 6) is -3.17. The maximum absolute atomic E-state index is 12.1. The molecule has 0 aliphatic carbocycles. The summed E-state index contributed by atoms with van der Waals surface area (Å²) in [6.45, 7) is 1.23. The molecule has 3 atom stereocenters. The number of thioether (sulfide) groups is 1. The van der Waals surface area contributed by atoms with E-state index in [9.17, 15) is 28.8 Å². The van der Waals surface area contributed by atoms with Crippen molar-refractivity contribution in [2.24, 2.45) is 17.2 Å². The number of amides is 3. The molecule has 0 aromatic heterocycles. The van der Waals surface area contributed by atoms with Gasteiger partial charge < -0.3 is 47.8 Å². The van der Waals surface area contributed by atoms with Crippen LogP contribution in [-0.4, -0.2) is 83.2 Å². The molecule has 0 bridgehead atoms. The lowest BCUT2D eigenvalue weighted by Crippen LogP contribution is -2.52. The Kier molecular flexibility index (Phi) is 13.3. The van der Waals surface area contributed by atoms with E-state index < -0.39 is 47.5 Å². The van der Waals surface area contributed by atoms with Crippen LogP contribution < -0.4 is 33.2 Å². The van der Waals surface area contributed by atoms with E-state index in [4.69, 9.17) is 22.3 Å². The lowest BCUT2D eigenvalue weighted by atomic mass is 10.1. The number of rotatable bonds is 16. The van der Waals surface area contributed by atoms with E-state index in [1.807, 2.05) is 0 Å². The second-order valence-electron chi connectivity index (χ2n) is 7.05. The zero-order valence-electron chi connectivity index (χ0n) is 17.2. The molecule has 0 aromatic rings. The molecular formula is C17H30N6O7S. The van der Waals surface area contributed by atoms with Crippen molar-refractivity contribution < 1.29 is 33.9 Å². The second kappa shape index (κ2) is 14.5. The van der Waals surface area contributed by atoms with Crippen LogP contribution in [0.5, 0.6) is 0 Å². The summed E-state index contributed by atoms with van der Waals surface area (Å²) in [6.07, 6.45) is 0.642. The molecule has 3 unspecified atom stereocenters. The normalized spacial score (nSPS) is 13.9. The van der Waals surface area contributed by atoms with Gasteiger partial charge in [-0.05, 0) is 13.3 Å². The number of aliphatic carboxylic acids is 1. The number of hydrogen-bond donors (Lipinski definition) is 7. The van der Waals surface area contributed by atoms with Crippen molar-refractivity contribution in [2.45, 2.75) is 50.0 Å². The molecule has 13 nitrogen and oxygen atoms in total. The Labute approximate surface area is 183 Å². The zero-order valence-corrected chi connectivity index (χ0v) is 18.0. The SMILES string of the molecule is CC(N)(N)CC(C=O)NC(=O)CSCC(NC(=O)CCC(N)C(=O)O)C(=O)NCC=O. The standard InChI is InChI=1S/C17H30N6O7S/c1-17(19,20)6-10(7-25)22-14(27)9-31-8-12(15(28)21-4-5-24)23-13(26)3-2-11(18)16(29)30/h5,7,10-12H,2-4,6,8-9,18-20H2,1H3,(H,21,28)(H,22,27)(H,23,26)(H,29,30). The van der Waals surface area contributed by atoms with Crippen LogP contribution in [0.4, 0.5) is 0 Å². The summed E-state index contributed by atoms with van der Waals surface area (Å²) in [5, 5.41) is 15.9. The van der Waals surface area contributed by atoms with Crippen LogP contribution in [0.1, 0.15) is 26.2 Å². The molecule has 0 radical (unpaired) electrons. The Bertz CT molecular complexity index is 655. The molecule has 3 amide bonds. The topological polar surface area (TPSA) is 237 Å². The Morgan fingerprint density at radius 3 is 2.29 bits per heavy atom. The number of carbonyl (C=O) groups is 6. The lowest BCUT2D eigenvalue weighted by Gasteiger charge is -2.23. The van der Waals surface area contributed by atoms with Gasteiger partial charge in [0.2, 0.25) is 17.7 Å². The molecule has 176 valence electrons. The van der Waals surface area contributed by atoms with Gasteiger partial charge in [-0.2, -0.15) is 0 Å². The maximum Gasteiger partial charge on any atom is 0.320 e. The van der Waals surface area contributed by atoms with Crippen molar-refractivity contribution in [3.63, 3.8) is 0 Å². The molecule has 0 heterocycles. The van der Waals surface area contributed by atoms with Gasteiger partial charge in [-0.1, -0.05) is 0 Å². The minimum atomic E-state index is -1.26. The fourth-order valence-electron chi connectivity index (χ4n) is 2.25. The van der Waals surface area contributed by atoms with E-state index >= 15 is 0 Å². The van der Waals surface area contributed by atoms with E-state index in [0.29, 0.717) is 12.6 Å². The van der Waals surface area contributed by atoms with E-state index in [-0.39, 0.29) is 37.3 Å². The van der Waals surface area contributed by atoms with E-state index in [0.717, 1.165) is 11.8 Å². The fraction of sp³-hybridized carbons (Fsp3) is 0.647. The van der Waals surface area contributed by atoms with Gasteiger partial charge in [-0.3, -0.25) is 19.2 Å². The average molecular weight is 463 g/mol. The summed E-state index contributed by atoms with van der Waals surface area (Å²) in [5.41, 5.74) is 15.4. The van der Waals surface area contributed by atoms with E-state index in [1.54, 1.807) is 0 Å². The largest absolute Gasteiger partial charge is 0.480 e. The minimum absolute atomic E-state index is 0.0217. The molecule has 0 spiro atoms. The third kappa shape index (κ3) is 14.1. The highest BCUT2D eigenvalue weighted by atomic mass is 32.2. The highest BCUT2D eigenvalue weighted by Crippen LogP contribution is 2.06. The molecule has 0 aliphatic rings. The number of nitrogens with two attached hydrogens (primary N) is 3. The molecule has 0 fully saturated rings. The van der Waals surface area contributed by atoms with Crippen LogP contribution in [-0.2, 0) is 28.8 Å². The van der Waals surface area contributed by atoms with Gasteiger partial charge in [-0.15, -0.1) is 11.8 Å². The van der Waals surface area contributed by atoms with Gasteiger partial charge in [0.1, 0.15) is 24.7 Å². The van der Waals surface area contributed by atoms with Crippen LogP contribution in [0, 0.1) is 0 Å². The summed E-state index contributed by atoms with van der Waals surface area (Å²) >= 11 is 1.000. The first kappa shape index (κ1) is 28.5. The molecule has 0 aromatic carbocycles. The first-order valence-electron chi connectivity index (χ1n) is 9.28. The van der Waals surface area contributed by atoms with Gasteiger partial charge in [0.05, 0.1) is 24.0 Å². The van der Waals surface area contributed by atoms with Gasteiger partial charge in [0, 0.05) is 18.6 Å². The number of hydrogen-bond acceptors (Lipinski definition) is 10. The molecule has 0 saturated heterocycles. The van der Waals surface area contributed by atoms with Crippen molar-refractivity contribution in [1.82, 2.24) is 16.0 Å². The van der Waals surface area contributed by atoms with Crippen LogP contribution in [0.15, 0.2) is 0 Å².